The minimum Gasteiger partial charge on any atom is -0.382 e. The standard InChI is InChI=1S/C13H19NO/c1-2-11-3-5-12(6-4-11)14-13-7-9-15-10-8-13/h3-6,13-14H,2,7-10H2,1H3. The molecule has 1 N–H and O–H groups in total. The van der Waals surface area contributed by atoms with Gasteiger partial charge < -0.3 is 10.1 Å². The van der Waals surface area contributed by atoms with Gasteiger partial charge in [0.05, 0.1) is 0 Å². The van der Waals surface area contributed by atoms with Crippen molar-refractivity contribution in [1.82, 2.24) is 0 Å². The average Bonchev–Trinajstić information content (AvgIpc) is 2.31. The number of anilines is 1. The summed E-state index contributed by atoms with van der Waals surface area (Å²) in [5.41, 5.74) is 2.63. The van der Waals surface area contributed by atoms with Gasteiger partial charge in [-0.25, -0.2) is 0 Å². The summed E-state index contributed by atoms with van der Waals surface area (Å²) in [6.45, 7) is 3.97. The van der Waals surface area contributed by atoms with Crippen molar-refractivity contribution >= 4 is 5.69 Å². The van der Waals surface area contributed by atoms with E-state index in [1.807, 2.05) is 0 Å². The van der Waals surface area contributed by atoms with Crippen LogP contribution in [0, 0.1) is 0 Å². The molecule has 1 saturated heterocycles. The van der Waals surface area contributed by atoms with E-state index in [-0.39, 0.29) is 0 Å². The molecule has 0 bridgehead atoms. The third-order valence-corrected chi connectivity index (χ3v) is 2.95. The summed E-state index contributed by atoms with van der Waals surface area (Å²) in [4.78, 5) is 0. The van der Waals surface area contributed by atoms with Crippen molar-refractivity contribution in [1.29, 1.82) is 0 Å². The quantitative estimate of drug-likeness (QED) is 0.819. The molecular weight excluding hydrogens is 186 g/mol. The van der Waals surface area contributed by atoms with Crippen LogP contribution in [-0.2, 0) is 11.2 Å². The van der Waals surface area contributed by atoms with Crippen LogP contribution >= 0.6 is 0 Å². The number of benzene rings is 1. The van der Waals surface area contributed by atoms with Gasteiger partial charge in [0.25, 0.3) is 0 Å². The Balaban J connectivity index is 1.91. The van der Waals surface area contributed by atoms with Gasteiger partial charge in [-0.1, -0.05) is 19.1 Å². The molecule has 1 aliphatic heterocycles. The molecule has 2 nitrogen and oxygen atoms in total. The van der Waals surface area contributed by atoms with Crippen LogP contribution < -0.4 is 5.32 Å². The highest BCUT2D eigenvalue weighted by Gasteiger charge is 2.12. The van der Waals surface area contributed by atoms with E-state index in [1.165, 1.54) is 11.3 Å². The summed E-state index contributed by atoms with van der Waals surface area (Å²) in [6.07, 6.45) is 3.35. The minimum atomic E-state index is 0.589. The largest absolute Gasteiger partial charge is 0.382 e. The smallest absolute Gasteiger partial charge is 0.0485 e. The first-order valence-corrected chi connectivity index (χ1v) is 5.81. The maximum Gasteiger partial charge on any atom is 0.0485 e. The molecule has 15 heavy (non-hydrogen) atoms. The number of hydrogen-bond acceptors (Lipinski definition) is 2. The maximum atomic E-state index is 5.33. The van der Waals surface area contributed by atoms with Gasteiger partial charge in [-0.3, -0.25) is 0 Å². The van der Waals surface area contributed by atoms with Crippen LogP contribution in [0.5, 0.6) is 0 Å². The number of nitrogens with one attached hydrogen (secondary N) is 1. The second-order valence-corrected chi connectivity index (χ2v) is 4.08. The van der Waals surface area contributed by atoms with Gasteiger partial charge in [0.2, 0.25) is 0 Å². The Hall–Kier alpha value is -1.02. The molecule has 0 amide bonds. The van der Waals surface area contributed by atoms with E-state index in [2.05, 4.69) is 36.5 Å². The zero-order chi connectivity index (χ0) is 10.5. The number of aryl methyl sites for hydroxylation is 1. The lowest BCUT2D eigenvalue weighted by Crippen LogP contribution is -2.27. The Bertz CT molecular complexity index is 288. The summed E-state index contributed by atoms with van der Waals surface area (Å²) in [6, 6.07) is 9.33. The third kappa shape index (κ3) is 2.96. The summed E-state index contributed by atoms with van der Waals surface area (Å²) in [5.74, 6) is 0. The molecule has 0 radical (unpaired) electrons. The van der Waals surface area contributed by atoms with Crippen molar-refractivity contribution in [3.8, 4) is 0 Å². The fourth-order valence-corrected chi connectivity index (χ4v) is 1.91. The van der Waals surface area contributed by atoms with Crippen LogP contribution in [0.4, 0.5) is 5.69 Å². The van der Waals surface area contributed by atoms with Crippen molar-refractivity contribution in [3.63, 3.8) is 0 Å². The van der Waals surface area contributed by atoms with E-state index in [0.717, 1.165) is 32.5 Å². The molecule has 0 atom stereocenters. The minimum absolute atomic E-state index is 0.589. The maximum absolute atomic E-state index is 5.33. The van der Waals surface area contributed by atoms with E-state index in [0.29, 0.717) is 6.04 Å². The summed E-state index contributed by atoms with van der Waals surface area (Å²) >= 11 is 0. The molecule has 2 heteroatoms. The van der Waals surface area contributed by atoms with Crippen LogP contribution in [0.25, 0.3) is 0 Å². The van der Waals surface area contributed by atoms with E-state index in [9.17, 15) is 0 Å². The monoisotopic (exact) mass is 205 g/mol. The van der Waals surface area contributed by atoms with Crippen LogP contribution in [-0.4, -0.2) is 19.3 Å². The second kappa shape index (κ2) is 5.17. The summed E-state index contributed by atoms with van der Waals surface area (Å²) in [5, 5.41) is 3.55. The van der Waals surface area contributed by atoms with Gasteiger partial charge in [0, 0.05) is 24.9 Å². The number of ether oxygens (including phenoxy) is 1. The highest BCUT2D eigenvalue weighted by Crippen LogP contribution is 2.15. The molecule has 0 unspecified atom stereocenters. The topological polar surface area (TPSA) is 21.3 Å². The second-order valence-electron chi connectivity index (χ2n) is 4.08. The van der Waals surface area contributed by atoms with Gasteiger partial charge >= 0.3 is 0 Å². The first-order chi connectivity index (χ1) is 7.38. The molecule has 1 fully saturated rings. The number of rotatable bonds is 3. The number of hydrogen-bond donors (Lipinski definition) is 1. The zero-order valence-electron chi connectivity index (χ0n) is 9.33. The molecule has 1 aromatic carbocycles. The molecule has 82 valence electrons. The normalized spacial score (nSPS) is 17.7. The lowest BCUT2D eigenvalue weighted by Gasteiger charge is -2.24. The van der Waals surface area contributed by atoms with E-state index in [1.54, 1.807) is 0 Å². The molecule has 1 aromatic rings. The fourth-order valence-electron chi connectivity index (χ4n) is 1.91. The summed E-state index contributed by atoms with van der Waals surface area (Å²) in [7, 11) is 0. The first kappa shape index (κ1) is 10.5. The van der Waals surface area contributed by atoms with Crippen LogP contribution in [0.2, 0.25) is 0 Å². The Morgan fingerprint density at radius 1 is 1.20 bits per heavy atom. The molecule has 2 rings (SSSR count). The van der Waals surface area contributed by atoms with Crippen LogP contribution in [0.3, 0.4) is 0 Å². The van der Waals surface area contributed by atoms with Crippen LogP contribution in [0.1, 0.15) is 25.3 Å². The fraction of sp³-hybridized carbons (Fsp3) is 0.538. The first-order valence-electron chi connectivity index (χ1n) is 5.81. The van der Waals surface area contributed by atoms with Gasteiger partial charge in [0.15, 0.2) is 0 Å². The predicted molar refractivity (Wildman–Crippen MR) is 63.3 cm³/mol. The Morgan fingerprint density at radius 2 is 1.87 bits per heavy atom. The van der Waals surface area contributed by atoms with Gasteiger partial charge in [-0.15, -0.1) is 0 Å². The molecule has 0 aromatic heterocycles. The highest BCUT2D eigenvalue weighted by molar-refractivity contribution is 5.45. The molecular formula is C13H19NO. The van der Waals surface area contributed by atoms with Crippen molar-refractivity contribution < 1.29 is 4.74 Å². The Morgan fingerprint density at radius 3 is 2.47 bits per heavy atom. The van der Waals surface area contributed by atoms with Crippen molar-refractivity contribution in [2.24, 2.45) is 0 Å². The van der Waals surface area contributed by atoms with E-state index >= 15 is 0 Å². The SMILES string of the molecule is CCc1ccc(NC2CCOCC2)cc1. The highest BCUT2D eigenvalue weighted by atomic mass is 16.5. The van der Waals surface area contributed by atoms with Crippen molar-refractivity contribution in [3.05, 3.63) is 29.8 Å². The van der Waals surface area contributed by atoms with Crippen LogP contribution in [0.15, 0.2) is 24.3 Å². The Labute approximate surface area is 91.6 Å². The van der Waals surface area contributed by atoms with Gasteiger partial charge in [-0.05, 0) is 37.0 Å². The average molecular weight is 205 g/mol. The van der Waals surface area contributed by atoms with E-state index in [4.69, 9.17) is 4.74 Å². The Kier molecular flexibility index (Phi) is 3.62. The molecule has 0 spiro atoms. The van der Waals surface area contributed by atoms with E-state index < -0.39 is 0 Å². The molecule has 0 aliphatic carbocycles. The lowest BCUT2D eigenvalue weighted by molar-refractivity contribution is 0.0904. The van der Waals surface area contributed by atoms with Gasteiger partial charge in [0.1, 0.15) is 0 Å². The molecule has 1 aliphatic rings. The zero-order valence-corrected chi connectivity index (χ0v) is 9.33. The third-order valence-electron chi connectivity index (χ3n) is 2.95. The van der Waals surface area contributed by atoms with Crippen molar-refractivity contribution in [2.45, 2.75) is 32.2 Å². The predicted octanol–water partition coefficient (Wildman–Crippen LogP) is 2.84. The lowest BCUT2D eigenvalue weighted by atomic mass is 10.1. The molecule has 0 saturated carbocycles. The summed E-state index contributed by atoms with van der Waals surface area (Å²) < 4.78 is 5.33. The molecule has 1 heterocycles. The van der Waals surface area contributed by atoms with Crippen molar-refractivity contribution in [2.75, 3.05) is 18.5 Å². The van der Waals surface area contributed by atoms with Gasteiger partial charge in [-0.2, -0.15) is 0 Å².